The molecule has 0 aliphatic rings. The molecule has 0 N–H and O–H groups in total. The van der Waals surface area contributed by atoms with Crippen LogP contribution in [-0.4, -0.2) is 33.0 Å². The normalized spacial score (nSPS) is 13.2. The Labute approximate surface area is 119 Å². The SMILES string of the molecule is CCS(=O)(=O)C(N=Nc1ccc(C)cc1)S(=O)(=O)CC. The first-order valence-corrected chi connectivity index (χ1v) is 9.56. The molecule has 0 fully saturated rings. The lowest BCUT2D eigenvalue weighted by atomic mass is 10.2. The smallest absolute Gasteiger partial charge is 0.225 e. The number of azo groups is 1. The average Bonchev–Trinajstić information content (AvgIpc) is 2.40. The third kappa shape index (κ3) is 4.11. The molecule has 1 aromatic carbocycles. The number of rotatable bonds is 6. The van der Waals surface area contributed by atoms with Gasteiger partial charge in [0.15, 0.2) is 19.7 Å². The second kappa shape index (κ2) is 6.45. The van der Waals surface area contributed by atoms with Gasteiger partial charge < -0.3 is 0 Å². The zero-order chi connectivity index (χ0) is 15.4. The van der Waals surface area contributed by atoms with Crippen LogP contribution >= 0.6 is 0 Å². The van der Waals surface area contributed by atoms with Crippen LogP contribution in [0.1, 0.15) is 19.4 Å². The van der Waals surface area contributed by atoms with E-state index in [9.17, 15) is 16.8 Å². The second-order valence-corrected chi connectivity index (χ2v) is 9.26. The van der Waals surface area contributed by atoms with Gasteiger partial charge in [-0.05, 0) is 19.1 Å². The summed E-state index contributed by atoms with van der Waals surface area (Å²) in [4.78, 5) is 0. The summed E-state index contributed by atoms with van der Waals surface area (Å²) in [6.45, 7) is 4.66. The van der Waals surface area contributed by atoms with Crippen LogP contribution in [0.3, 0.4) is 0 Å². The number of hydrogen-bond donors (Lipinski definition) is 0. The molecule has 112 valence electrons. The third-order valence-electron chi connectivity index (χ3n) is 2.72. The van der Waals surface area contributed by atoms with Crippen LogP contribution in [0, 0.1) is 6.92 Å². The van der Waals surface area contributed by atoms with Gasteiger partial charge in [-0.3, -0.25) is 0 Å². The van der Waals surface area contributed by atoms with Crippen molar-refractivity contribution in [2.45, 2.75) is 25.5 Å². The van der Waals surface area contributed by atoms with Gasteiger partial charge in [-0.15, -0.1) is 0 Å². The Bertz CT molecular complexity index is 643. The van der Waals surface area contributed by atoms with Crippen LogP contribution in [0.4, 0.5) is 5.69 Å². The van der Waals surface area contributed by atoms with Gasteiger partial charge in [0.25, 0.3) is 4.71 Å². The van der Waals surface area contributed by atoms with E-state index >= 15 is 0 Å². The molecular weight excluding hydrogens is 300 g/mol. The van der Waals surface area contributed by atoms with Crippen LogP contribution in [0.25, 0.3) is 0 Å². The van der Waals surface area contributed by atoms with Gasteiger partial charge in [0.05, 0.1) is 17.2 Å². The minimum Gasteiger partial charge on any atom is -0.225 e. The first-order valence-electron chi connectivity index (χ1n) is 6.13. The lowest BCUT2D eigenvalue weighted by molar-refractivity contribution is 0.575. The predicted molar refractivity (Wildman–Crippen MR) is 78.4 cm³/mol. The van der Waals surface area contributed by atoms with E-state index in [0.717, 1.165) is 5.56 Å². The molecule has 0 unspecified atom stereocenters. The van der Waals surface area contributed by atoms with Crippen LogP contribution < -0.4 is 0 Å². The Kier molecular flexibility index (Phi) is 5.41. The van der Waals surface area contributed by atoms with E-state index in [4.69, 9.17) is 0 Å². The fourth-order valence-electron chi connectivity index (χ4n) is 1.38. The van der Waals surface area contributed by atoms with Crippen LogP contribution in [-0.2, 0) is 19.7 Å². The van der Waals surface area contributed by atoms with Crippen molar-refractivity contribution in [2.24, 2.45) is 10.2 Å². The molecule has 20 heavy (non-hydrogen) atoms. The Morgan fingerprint density at radius 3 is 1.80 bits per heavy atom. The average molecular weight is 318 g/mol. The molecule has 0 heterocycles. The van der Waals surface area contributed by atoms with Gasteiger partial charge in [-0.1, -0.05) is 31.5 Å². The summed E-state index contributed by atoms with van der Waals surface area (Å²) < 4.78 is 45.6. The highest BCUT2D eigenvalue weighted by Gasteiger charge is 2.35. The lowest BCUT2D eigenvalue weighted by Crippen LogP contribution is -2.31. The molecular formula is C12H18N2O4S2. The molecule has 6 nitrogen and oxygen atoms in total. The van der Waals surface area contributed by atoms with Crippen molar-refractivity contribution in [3.05, 3.63) is 29.8 Å². The van der Waals surface area contributed by atoms with E-state index < -0.39 is 24.4 Å². The second-order valence-electron chi connectivity index (χ2n) is 4.26. The number of aryl methyl sites for hydroxylation is 1. The zero-order valence-electron chi connectivity index (χ0n) is 11.6. The molecule has 0 aromatic heterocycles. The van der Waals surface area contributed by atoms with Crippen LogP contribution in [0.15, 0.2) is 34.5 Å². The van der Waals surface area contributed by atoms with Gasteiger partial charge in [-0.2, -0.15) is 10.2 Å². The first-order chi connectivity index (χ1) is 9.23. The summed E-state index contributed by atoms with van der Waals surface area (Å²) in [7, 11) is -7.71. The topological polar surface area (TPSA) is 93.0 Å². The Morgan fingerprint density at radius 1 is 0.950 bits per heavy atom. The van der Waals surface area contributed by atoms with Gasteiger partial charge >= 0.3 is 0 Å². The first kappa shape index (κ1) is 16.8. The molecule has 1 aromatic rings. The molecule has 0 aliphatic heterocycles. The zero-order valence-corrected chi connectivity index (χ0v) is 13.3. The van der Waals surface area contributed by atoms with Crippen molar-refractivity contribution in [3.8, 4) is 0 Å². The fourth-order valence-corrected chi connectivity index (χ4v) is 4.93. The molecule has 0 aliphatic carbocycles. The lowest BCUT2D eigenvalue weighted by Gasteiger charge is -2.10. The van der Waals surface area contributed by atoms with Crippen molar-refractivity contribution in [1.29, 1.82) is 0 Å². The standard InChI is InChI=1S/C12H18N2O4S2/c1-4-19(15,16)12(20(17,18)5-2)14-13-11-8-6-10(3)7-9-11/h6-9,12H,4-5H2,1-3H3. The highest BCUT2D eigenvalue weighted by atomic mass is 32.3. The van der Waals surface area contributed by atoms with E-state index in [-0.39, 0.29) is 11.5 Å². The molecule has 0 radical (unpaired) electrons. The molecule has 1 rings (SSSR count). The van der Waals surface area contributed by atoms with Crippen LogP contribution in [0.5, 0.6) is 0 Å². The quantitative estimate of drug-likeness (QED) is 0.752. The number of nitrogens with zero attached hydrogens (tertiary/aromatic N) is 2. The maximum atomic E-state index is 11.8. The van der Waals surface area contributed by atoms with Crippen molar-refractivity contribution in [2.75, 3.05) is 11.5 Å². The van der Waals surface area contributed by atoms with Gasteiger partial charge in [0.1, 0.15) is 0 Å². The van der Waals surface area contributed by atoms with E-state index in [1.807, 2.05) is 6.92 Å². The van der Waals surface area contributed by atoms with Crippen molar-refractivity contribution in [3.63, 3.8) is 0 Å². The Hall–Kier alpha value is -1.28. The largest absolute Gasteiger partial charge is 0.271 e. The highest BCUT2D eigenvalue weighted by Crippen LogP contribution is 2.19. The van der Waals surface area contributed by atoms with Gasteiger partial charge in [-0.25, -0.2) is 16.8 Å². The van der Waals surface area contributed by atoms with Gasteiger partial charge in [0, 0.05) is 0 Å². The molecule has 0 saturated heterocycles. The van der Waals surface area contributed by atoms with Crippen molar-refractivity contribution < 1.29 is 16.8 Å². The third-order valence-corrected chi connectivity index (χ3v) is 7.51. The summed E-state index contributed by atoms with van der Waals surface area (Å²) in [5, 5.41) is 7.30. The fraction of sp³-hybridized carbons (Fsp3) is 0.500. The van der Waals surface area contributed by atoms with Crippen molar-refractivity contribution in [1.82, 2.24) is 0 Å². The van der Waals surface area contributed by atoms with Gasteiger partial charge in [0.2, 0.25) is 0 Å². The number of benzene rings is 1. The van der Waals surface area contributed by atoms with E-state index in [1.165, 1.54) is 13.8 Å². The highest BCUT2D eigenvalue weighted by molar-refractivity contribution is 8.09. The summed E-state index contributed by atoms with van der Waals surface area (Å²) in [6.07, 6.45) is 0. The Balaban J connectivity index is 3.18. The monoisotopic (exact) mass is 318 g/mol. The number of sulfone groups is 2. The predicted octanol–water partition coefficient (Wildman–Crippen LogP) is 2.23. The molecule has 8 heteroatoms. The summed E-state index contributed by atoms with van der Waals surface area (Å²) in [5.74, 6) is -0.604. The summed E-state index contributed by atoms with van der Waals surface area (Å²) >= 11 is 0. The summed E-state index contributed by atoms with van der Waals surface area (Å²) in [6, 6.07) is 6.86. The minimum absolute atomic E-state index is 0.302. The van der Waals surface area contributed by atoms with E-state index in [2.05, 4.69) is 10.2 Å². The molecule has 0 bridgehead atoms. The molecule has 0 atom stereocenters. The maximum Gasteiger partial charge on any atom is 0.271 e. The summed E-state index contributed by atoms with van der Waals surface area (Å²) in [5.41, 5.74) is 1.43. The minimum atomic E-state index is -3.86. The van der Waals surface area contributed by atoms with Crippen LogP contribution in [0.2, 0.25) is 0 Å². The maximum absolute atomic E-state index is 11.8. The molecule has 0 spiro atoms. The Morgan fingerprint density at radius 2 is 1.40 bits per heavy atom. The van der Waals surface area contributed by atoms with Crippen molar-refractivity contribution >= 4 is 25.4 Å². The van der Waals surface area contributed by atoms with E-state index in [1.54, 1.807) is 24.3 Å². The van der Waals surface area contributed by atoms with E-state index in [0.29, 0.717) is 5.69 Å². The number of hydrogen-bond acceptors (Lipinski definition) is 6. The molecule has 0 saturated carbocycles. The molecule has 0 amide bonds.